The van der Waals surface area contributed by atoms with Gasteiger partial charge in [0.25, 0.3) is 0 Å². The van der Waals surface area contributed by atoms with E-state index in [9.17, 15) is 13.5 Å². The molecule has 1 rings (SSSR count). The predicted molar refractivity (Wildman–Crippen MR) is 64.2 cm³/mol. The Labute approximate surface area is 101 Å². The van der Waals surface area contributed by atoms with Gasteiger partial charge in [0.2, 0.25) is 10.0 Å². The van der Waals surface area contributed by atoms with Crippen molar-refractivity contribution in [3.63, 3.8) is 0 Å². The van der Waals surface area contributed by atoms with E-state index in [0.717, 1.165) is 0 Å². The number of rotatable bonds is 6. The summed E-state index contributed by atoms with van der Waals surface area (Å²) in [5.74, 6) is 0. The van der Waals surface area contributed by atoms with E-state index >= 15 is 0 Å². The van der Waals surface area contributed by atoms with Crippen molar-refractivity contribution in [3.8, 4) is 0 Å². The van der Waals surface area contributed by atoms with E-state index in [4.69, 9.17) is 0 Å². The minimum atomic E-state index is -3.54. The van der Waals surface area contributed by atoms with Gasteiger partial charge in [-0.2, -0.15) is 5.10 Å². The Morgan fingerprint density at radius 2 is 2.12 bits per heavy atom. The van der Waals surface area contributed by atoms with Crippen LogP contribution in [0.5, 0.6) is 0 Å². The number of hydrogen-bond donors (Lipinski definition) is 3. The second-order valence-electron chi connectivity index (χ2n) is 4.01. The smallest absolute Gasteiger partial charge is 0.244 e. The molecule has 0 aromatic carbocycles. The number of aromatic amines is 1. The monoisotopic (exact) mass is 261 g/mol. The van der Waals surface area contributed by atoms with Crippen LogP contribution in [0.25, 0.3) is 0 Å². The SMILES string of the molecule is CCC(O)CCNS(=O)(=O)c1c(C)n[nH]c1C. The van der Waals surface area contributed by atoms with Gasteiger partial charge in [-0.15, -0.1) is 0 Å². The van der Waals surface area contributed by atoms with Crippen LogP contribution in [0.3, 0.4) is 0 Å². The summed E-state index contributed by atoms with van der Waals surface area (Å²) >= 11 is 0. The summed E-state index contributed by atoms with van der Waals surface area (Å²) in [5, 5.41) is 15.8. The second kappa shape index (κ2) is 5.61. The maximum atomic E-state index is 12.0. The number of sulfonamides is 1. The molecule has 0 aliphatic carbocycles. The highest BCUT2D eigenvalue weighted by atomic mass is 32.2. The Morgan fingerprint density at radius 3 is 2.59 bits per heavy atom. The normalized spacial score (nSPS) is 13.9. The Kier molecular flexibility index (Phi) is 4.67. The molecule has 0 spiro atoms. The van der Waals surface area contributed by atoms with Crippen LogP contribution in [-0.4, -0.2) is 36.4 Å². The average Bonchev–Trinajstić information content (AvgIpc) is 2.58. The van der Waals surface area contributed by atoms with E-state index in [2.05, 4.69) is 14.9 Å². The molecule has 0 amide bonds. The largest absolute Gasteiger partial charge is 0.393 e. The highest BCUT2D eigenvalue weighted by molar-refractivity contribution is 7.89. The molecule has 0 saturated carbocycles. The zero-order chi connectivity index (χ0) is 13.1. The van der Waals surface area contributed by atoms with Gasteiger partial charge in [0.15, 0.2) is 0 Å². The minimum Gasteiger partial charge on any atom is -0.393 e. The maximum absolute atomic E-state index is 12.0. The van der Waals surface area contributed by atoms with E-state index in [0.29, 0.717) is 24.2 Å². The first-order chi connectivity index (χ1) is 7.88. The molecule has 0 bridgehead atoms. The highest BCUT2D eigenvalue weighted by Gasteiger charge is 2.21. The van der Waals surface area contributed by atoms with E-state index in [-0.39, 0.29) is 11.4 Å². The molecule has 1 atom stereocenters. The van der Waals surface area contributed by atoms with Gasteiger partial charge in [-0.25, -0.2) is 13.1 Å². The van der Waals surface area contributed by atoms with Crippen molar-refractivity contribution >= 4 is 10.0 Å². The fourth-order valence-corrected chi connectivity index (χ4v) is 2.99. The minimum absolute atomic E-state index is 0.198. The van der Waals surface area contributed by atoms with Crippen LogP contribution < -0.4 is 4.72 Å². The van der Waals surface area contributed by atoms with Crippen LogP contribution in [0.1, 0.15) is 31.2 Å². The van der Waals surface area contributed by atoms with Crippen molar-refractivity contribution in [2.45, 2.75) is 44.6 Å². The zero-order valence-electron chi connectivity index (χ0n) is 10.3. The topological polar surface area (TPSA) is 95.1 Å². The molecule has 0 saturated heterocycles. The Morgan fingerprint density at radius 1 is 1.47 bits per heavy atom. The zero-order valence-corrected chi connectivity index (χ0v) is 11.1. The maximum Gasteiger partial charge on any atom is 0.244 e. The third-order valence-corrected chi connectivity index (χ3v) is 4.29. The van der Waals surface area contributed by atoms with Crippen molar-refractivity contribution in [1.82, 2.24) is 14.9 Å². The molecule has 98 valence electrons. The lowest BCUT2D eigenvalue weighted by atomic mass is 10.2. The molecule has 3 N–H and O–H groups in total. The molecule has 0 aliphatic heterocycles. The summed E-state index contributed by atoms with van der Waals surface area (Å²) in [5.41, 5.74) is 0.970. The predicted octanol–water partition coefficient (Wildman–Crippen LogP) is 0.466. The van der Waals surface area contributed by atoms with Crippen LogP contribution in [0.15, 0.2) is 4.90 Å². The first kappa shape index (κ1) is 14.1. The molecule has 17 heavy (non-hydrogen) atoms. The van der Waals surface area contributed by atoms with Gasteiger partial charge in [-0.1, -0.05) is 6.92 Å². The third-order valence-electron chi connectivity index (χ3n) is 2.57. The summed E-state index contributed by atoms with van der Waals surface area (Å²) in [7, 11) is -3.54. The molecule has 6 nitrogen and oxygen atoms in total. The van der Waals surface area contributed by atoms with E-state index < -0.39 is 16.1 Å². The number of aryl methyl sites for hydroxylation is 2. The van der Waals surface area contributed by atoms with Crippen LogP contribution in [0, 0.1) is 13.8 Å². The Bertz CT molecular complexity index is 448. The van der Waals surface area contributed by atoms with Gasteiger partial charge >= 0.3 is 0 Å². The lowest BCUT2D eigenvalue weighted by molar-refractivity contribution is 0.162. The van der Waals surface area contributed by atoms with E-state index in [1.165, 1.54) is 0 Å². The first-order valence-electron chi connectivity index (χ1n) is 5.57. The lowest BCUT2D eigenvalue weighted by Gasteiger charge is -2.09. The Balaban J connectivity index is 2.70. The van der Waals surface area contributed by atoms with Gasteiger partial charge in [-0.05, 0) is 26.7 Å². The number of nitrogens with zero attached hydrogens (tertiary/aromatic N) is 1. The van der Waals surface area contributed by atoms with Gasteiger partial charge < -0.3 is 5.11 Å². The molecule has 1 aromatic heterocycles. The van der Waals surface area contributed by atoms with Crippen molar-refractivity contribution in [3.05, 3.63) is 11.4 Å². The van der Waals surface area contributed by atoms with Gasteiger partial charge in [0.05, 0.1) is 17.5 Å². The standard InChI is InChI=1S/C10H19N3O3S/c1-4-9(14)5-6-11-17(15,16)10-7(2)12-13-8(10)3/h9,11,14H,4-6H2,1-3H3,(H,12,13). The van der Waals surface area contributed by atoms with Gasteiger partial charge in [0, 0.05) is 6.54 Å². The van der Waals surface area contributed by atoms with Gasteiger partial charge in [-0.3, -0.25) is 5.10 Å². The molecule has 0 fully saturated rings. The van der Waals surface area contributed by atoms with Crippen molar-refractivity contribution in [2.24, 2.45) is 0 Å². The molecular formula is C10H19N3O3S. The number of hydrogen-bond acceptors (Lipinski definition) is 4. The first-order valence-corrected chi connectivity index (χ1v) is 7.06. The molecule has 0 radical (unpaired) electrons. The fourth-order valence-electron chi connectivity index (χ4n) is 1.57. The van der Waals surface area contributed by atoms with E-state index in [1.807, 2.05) is 6.92 Å². The van der Waals surface area contributed by atoms with Gasteiger partial charge in [0.1, 0.15) is 4.90 Å². The highest BCUT2D eigenvalue weighted by Crippen LogP contribution is 2.16. The number of aliphatic hydroxyl groups excluding tert-OH is 1. The summed E-state index contributed by atoms with van der Waals surface area (Å²) < 4.78 is 26.4. The van der Waals surface area contributed by atoms with Crippen LogP contribution in [-0.2, 0) is 10.0 Å². The average molecular weight is 261 g/mol. The van der Waals surface area contributed by atoms with Crippen molar-refractivity contribution in [2.75, 3.05) is 6.54 Å². The second-order valence-corrected chi connectivity index (χ2v) is 5.72. The number of aliphatic hydroxyl groups is 1. The van der Waals surface area contributed by atoms with Crippen molar-refractivity contribution in [1.29, 1.82) is 0 Å². The van der Waals surface area contributed by atoms with Crippen LogP contribution >= 0.6 is 0 Å². The Hall–Kier alpha value is -0.920. The molecule has 7 heteroatoms. The quantitative estimate of drug-likeness (QED) is 0.693. The lowest BCUT2D eigenvalue weighted by Crippen LogP contribution is -2.28. The summed E-state index contributed by atoms with van der Waals surface area (Å²) in [6, 6.07) is 0. The van der Waals surface area contributed by atoms with Crippen LogP contribution in [0.2, 0.25) is 0 Å². The van der Waals surface area contributed by atoms with E-state index in [1.54, 1.807) is 13.8 Å². The molecule has 1 unspecified atom stereocenters. The summed E-state index contributed by atoms with van der Waals surface area (Å²) in [6.07, 6.45) is 0.557. The molecule has 1 aromatic rings. The fraction of sp³-hybridized carbons (Fsp3) is 0.700. The molecule has 0 aliphatic rings. The number of aromatic nitrogens is 2. The van der Waals surface area contributed by atoms with Crippen LogP contribution in [0.4, 0.5) is 0 Å². The van der Waals surface area contributed by atoms with Crippen molar-refractivity contribution < 1.29 is 13.5 Å². The number of nitrogens with one attached hydrogen (secondary N) is 2. The molecular weight excluding hydrogens is 242 g/mol. The summed E-state index contributed by atoms with van der Waals surface area (Å²) in [6.45, 7) is 5.37. The summed E-state index contributed by atoms with van der Waals surface area (Å²) in [4.78, 5) is 0.198. The third kappa shape index (κ3) is 3.52. The number of H-pyrrole nitrogens is 1. The molecule has 1 heterocycles.